The Morgan fingerprint density at radius 2 is 1.64 bits per heavy atom. The number of aliphatic hydroxyl groups excluding tert-OH is 2. The van der Waals surface area contributed by atoms with Gasteiger partial charge in [-0.3, -0.25) is 19.2 Å². The molecule has 1 aliphatic carbocycles. The first kappa shape index (κ1) is 47.7. The van der Waals surface area contributed by atoms with Crippen LogP contribution in [0.4, 0.5) is 0 Å². The fraction of sp³-hybridized carbons (Fsp3) is 0.750. The molecule has 2 saturated heterocycles. The highest BCUT2D eigenvalue weighted by Gasteiger charge is 2.53. The summed E-state index contributed by atoms with van der Waals surface area (Å²) in [7, 11) is -0.0719. The van der Waals surface area contributed by atoms with Gasteiger partial charge >= 0.3 is 5.97 Å². The quantitative estimate of drug-likeness (QED) is 0.150. The Kier molecular flexibility index (Phi) is 18.3. The number of esters is 1. The molecular formula is C52H81NO13. The summed E-state index contributed by atoms with van der Waals surface area (Å²) in [6.07, 6.45) is 5.55. The average molecular weight is 933 g/mol. The van der Waals surface area contributed by atoms with Gasteiger partial charge in [0.1, 0.15) is 30.1 Å². The minimum absolute atomic E-state index is 0.00335. The second-order valence-electron chi connectivity index (χ2n) is 19.4. The Balaban J connectivity index is 1.79. The molecule has 14 nitrogen and oxygen atoms in total. The van der Waals surface area contributed by atoms with Gasteiger partial charge in [0.25, 0.3) is 11.7 Å². The number of fused-ring (bicyclic) bond motifs is 3. The summed E-state index contributed by atoms with van der Waals surface area (Å²) >= 11 is 0. The number of rotatable bonds is 6. The molecule has 14 heteroatoms. The van der Waals surface area contributed by atoms with E-state index in [1.807, 2.05) is 6.92 Å². The van der Waals surface area contributed by atoms with Gasteiger partial charge in [0.2, 0.25) is 5.79 Å². The lowest BCUT2D eigenvalue weighted by atomic mass is 9.78. The number of ketones is 3. The van der Waals surface area contributed by atoms with E-state index in [4.69, 9.17) is 29.2 Å². The van der Waals surface area contributed by atoms with Gasteiger partial charge in [-0.05, 0) is 106 Å². The Hall–Kier alpha value is -3.37. The second-order valence-corrected chi connectivity index (χ2v) is 19.4. The summed E-state index contributed by atoms with van der Waals surface area (Å²) in [6.45, 7) is 12.6. The van der Waals surface area contributed by atoms with Crippen LogP contribution in [-0.4, -0.2) is 132 Å². The van der Waals surface area contributed by atoms with Crippen molar-refractivity contribution in [2.45, 2.75) is 181 Å². The van der Waals surface area contributed by atoms with Crippen molar-refractivity contribution < 1.29 is 69.8 Å². The maximum absolute atomic E-state index is 14.4. The third-order valence-electron chi connectivity index (χ3n) is 14.7. The lowest BCUT2D eigenvalue weighted by Gasteiger charge is -2.42. The summed E-state index contributed by atoms with van der Waals surface area (Å²) in [5.74, 6) is -13.6. The molecule has 2 bridgehead atoms. The number of aliphatic hydroxyl groups is 3. The Labute approximate surface area is 400 Å². The Morgan fingerprint density at radius 3 is 2.32 bits per heavy atom. The topological polar surface area (TPSA) is 195 Å². The molecule has 3 N–H and O–H groups in total. The van der Waals surface area contributed by atoms with Gasteiger partial charge in [0, 0.05) is 61.1 Å². The molecule has 0 radical (unpaired) electrons. The van der Waals surface area contributed by atoms with E-state index in [9.17, 15) is 40.7 Å². The van der Waals surface area contributed by atoms with Gasteiger partial charge in [-0.2, -0.15) is 0 Å². The van der Waals surface area contributed by atoms with Gasteiger partial charge in [-0.25, -0.2) is 4.79 Å². The van der Waals surface area contributed by atoms with Crippen LogP contribution in [-0.2, 0) is 47.7 Å². The summed E-state index contributed by atoms with van der Waals surface area (Å²) in [4.78, 5) is 72.4. The number of hydrogen-bond acceptors (Lipinski definition) is 13. The maximum atomic E-state index is 14.4. The molecule has 3 aliphatic heterocycles. The number of amides is 1. The molecule has 372 valence electrons. The van der Waals surface area contributed by atoms with E-state index < -0.39 is 120 Å². The number of hydrogen-bond donors (Lipinski definition) is 3. The fourth-order valence-corrected chi connectivity index (χ4v) is 9.82. The number of cyclic esters (lactones) is 1. The molecule has 16 atom stereocenters. The second kappa shape index (κ2) is 25.3. The maximum Gasteiger partial charge on any atom is 0.329 e. The van der Waals surface area contributed by atoms with E-state index in [0.29, 0.717) is 44.1 Å². The Morgan fingerprint density at radius 1 is 0.909 bits per heavy atom. The van der Waals surface area contributed by atoms with Crippen molar-refractivity contribution in [3.8, 4) is 0 Å². The van der Waals surface area contributed by atoms with Crippen molar-refractivity contribution >= 4 is 29.2 Å². The first-order valence-corrected chi connectivity index (χ1v) is 23.8. The van der Waals surface area contributed by atoms with Crippen molar-refractivity contribution in [1.82, 2.24) is 4.90 Å². The lowest BCUT2D eigenvalue weighted by molar-refractivity contribution is -0.265. The van der Waals surface area contributed by atoms with E-state index in [2.05, 4.69) is 0 Å². The Bertz CT molecular complexity index is 2000. The average Bonchev–Trinajstić information content (AvgIpc) is 3.30. The minimum atomic E-state index is -2.86. The van der Waals surface area contributed by atoms with E-state index in [1.54, 1.807) is 45.9 Å². The van der Waals surface area contributed by atoms with Crippen LogP contribution in [0.3, 0.4) is 0 Å². The summed E-state index contributed by atoms with van der Waals surface area (Å²) < 4.78 is 71.0. The highest BCUT2D eigenvalue weighted by molar-refractivity contribution is 6.39. The molecule has 0 aromatic rings. The summed E-state index contributed by atoms with van der Waals surface area (Å²) in [6, 6.07) is -1.24. The number of allylic oxidation sites excluding steroid dienone is 6. The van der Waals surface area contributed by atoms with Gasteiger partial charge in [0.15, 0.2) is 5.78 Å². The van der Waals surface area contributed by atoms with Crippen LogP contribution in [0.1, 0.15) is 133 Å². The zero-order chi connectivity index (χ0) is 53.4. The van der Waals surface area contributed by atoms with E-state index in [-0.39, 0.29) is 55.9 Å². The van der Waals surface area contributed by atoms with Crippen LogP contribution in [0.15, 0.2) is 47.6 Å². The van der Waals surface area contributed by atoms with Crippen LogP contribution >= 0.6 is 0 Å². The molecule has 1 saturated carbocycles. The zero-order valence-electron chi connectivity index (χ0n) is 45.8. The van der Waals surface area contributed by atoms with Crippen LogP contribution < -0.4 is 0 Å². The molecule has 66 heavy (non-hydrogen) atoms. The predicted molar refractivity (Wildman–Crippen MR) is 250 cm³/mol. The van der Waals surface area contributed by atoms with E-state index in [0.717, 1.165) is 4.90 Å². The molecule has 0 aromatic heterocycles. The van der Waals surface area contributed by atoms with Crippen LogP contribution in [0, 0.1) is 41.4 Å². The molecule has 1 unspecified atom stereocenters. The van der Waals surface area contributed by atoms with E-state index in [1.165, 1.54) is 53.2 Å². The molecule has 3 fully saturated rings. The molecular weight excluding hydrogens is 847 g/mol. The first-order valence-electron chi connectivity index (χ1n) is 26.3. The van der Waals surface area contributed by atoms with Crippen LogP contribution in [0.2, 0.25) is 0 Å². The minimum Gasteiger partial charge on any atom is -0.460 e. The third kappa shape index (κ3) is 13.9. The molecule has 0 spiro atoms. The zero-order valence-corrected chi connectivity index (χ0v) is 40.8. The fourth-order valence-electron chi connectivity index (χ4n) is 9.82. The molecule has 3 heterocycles. The molecule has 1 amide bonds. The summed E-state index contributed by atoms with van der Waals surface area (Å²) in [5.41, 5.74) is 0.672. The smallest absolute Gasteiger partial charge is 0.329 e. The molecule has 4 rings (SSSR count). The van der Waals surface area contributed by atoms with Gasteiger partial charge in [-0.15, -0.1) is 0 Å². The summed E-state index contributed by atoms with van der Waals surface area (Å²) in [5, 5.41) is 34.1. The SMILES string of the molecule is [2H]C([2H])([2H])O[C@H]1C[C@@H]2CC[C@@H](C)[C@@](O)(O2)C(=O)C(=O)N2CCCC[C@H]2C(=O)O[C@H]([C@H](C)C[C@@H]2CC[C@@H](O)[C@H](OC)C2)CC(=O)[C@H](C)/C=C(\C)[C@@H](O)[C@@H](OC)C(=O)[C@H](C)C([2H])(C)[C@]([2H])(C)/C=C/C=C/C=C/1C. The monoisotopic (exact) mass is 933 g/mol. The van der Waals surface area contributed by atoms with Crippen molar-refractivity contribution in [3.63, 3.8) is 0 Å². The van der Waals surface area contributed by atoms with Crippen LogP contribution in [0.25, 0.3) is 0 Å². The first-order chi connectivity index (χ1) is 33.0. The van der Waals surface area contributed by atoms with E-state index >= 15 is 0 Å². The number of carbonyl (C=O) groups excluding carboxylic acids is 5. The van der Waals surface area contributed by atoms with Crippen LogP contribution in [0.5, 0.6) is 0 Å². The molecule has 0 aromatic carbocycles. The molecule has 4 aliphatic rings. The van der Waals surface area contributed by atoms with Gasteiger partial charge in [0.05, 0.1) is 28.5 Å². The normalized spacial score (nSPS) is 44.7. The van der Waals surface area contributed by atoms with Crippen molar-refractivity contribution in [2.75, 3.05) is 27.8 Å². The van der Waals surface area contributed by atoms with Crippen molar-refractivity contribution in [1.29, 1.82) is 0 Å². The highest BCUT2D eigenvalue weighted by atomic mass is 16.6. The highest BCUT2D eigenvalue weighted by Crippen LogP contribution is 2.38. The number of ether oxygens (including phenoxy) is 5. The number of methoxy groups -OCH3 is 3. The van der Waals surface area contributed by atoms with Gasteiger partial charge in [-0.1, -0.05) is 78.0 Å². The number of Topliss-reactive ketones (excluding diaryl/α,β-unsaturated/α-hetero) is 3. The predicted octanol–water partition coefficient (Wildman–Crippen LogP) is 6.43. The number of carbonyl (C=O) groups is 5. The standard InChI is InChI=1S/C52H81NO13/c1-30-17-13-12-14-18-31(2)43(62-9)28-39-22-20-35(6)52(61,66-39)49(58)50(59)53-24-16-15-19-40(53)51(60)65-44(33(4)26-38-21-23-41(54)45(27-38)63-10)29-42(55)32(3)25-34(5)46(56)48(64-11)47(57)37(8)36(30)7/h12-14,17-18,25,30,32-33,35-41,43-46,48,54,56,61H,15-16,19-24,26-29H2,1-11H3/b14-12+,17-13+,31-18+,34-25+/t30-,32-,33-,35-,36?,37-,38+,39+,40+,41-,43+,44+,45-,46-,48-,52-/m1/s1/i9D3,30D,36D. The third-order valence-corrected chi connectivity index (χ3v) is 14.7. The lowest BCUT2D eigenvalue weighted by Crippen LogP contribution is -2.61. The number of piperidine rings is 1. The number of nitrogens with zero attached hydrogens (tertiary/aromatic N) is 1. The van der Waals surface area contributed by atoms with Crippen molar-refractivity contribution in [3.05, 3.63) is 47.6 Å². The van der Waals surface area contributed by atoms with Gasteiger partial charge < -0.3 is 43.9 Å². The van der Waals surface area contributed by atoms with Crippen molar-refractivity contribution in [2.24, 2.45) is 41.4 Å². The largest absolute Gasteiger partial charge is 0.460 e.